The molecule has 7 rings (SSSR count). The number of amides is 2. The number of imidazole rings is 1. The molecule has 0 radical (unpaired) electrons. The second-order valence-electron chi connectivity index (χ2n) is 11.6. The van der Waals surface area contributed by atoms with E-state index in [4.69, 9.17) is 9.47 Å². The molecule has 2 aromatic carbocycles. The van der Waals surface area contributed by atoms with Crippen LogP contribution in [-0.4, -0.2) is 94.9 Å². The number of nitrogens with zero attached hydrogens (tertiary/aromatic N) is 5. The Balaban J connectivity index is 0.933. The maximum absolute atomic E-state index is 13.6. The topological polar surface area (TPSA) is 79.6 Å². The van der Waals surface area contributed by atoms with Gasteiger partial charge in [0.15, 0.2) is 11.5 Å². The van der Waals surface area contributed by atoms with Gasteiger partial charge in [0, 0.05) is 51.0 Å². The summed E-state index contributed by atoms with van der Waals surface area (Å²) in [5.74, 6) is 2.18. The molecular formula is C35H37N5O4. The SMILES string of the molecule is COc1cc2c(cc1OCCCN1CCN(C(=O)c3cccn4c(-c5ccccc5)ncc34)CC1)C=C[C@@H]1CCCN1C2=O. The Labute approximate surface area is 257 Å². The number of benzene rings is 2. The van der Waals surface area contributed by atoms with Crippen molar-refractivity contribution in [2.75, 3.05) is 53.0 Å². The molecule has 9 heteroatoms. The average molecular weight is 592 g/mol. The average Bonchev–Trinajstić information content (AvgIpc) is 3.70. The number of hydrogen-bond acceptors (Lipinski definition) is 6. The second-order valence-corrected chi connectivity index (χ2v) is 11.6. The molecule has 9 nitrogen and oxygen atoms in total. The van der Waals surface area contributed by atoms with Gasteiger partial charge in [-0.15, -0.1) is 0 Å². The van der Waals surface area contributed by atoms with Gasteiger partial charge in [-0.3, -0.25) is 18.9 Å². The van der Waals surface area contributed by atoms with Crippen molar-refractivity contribution in [2.45, 2.75) is 25.3 Å². The van der Waals surface area contributed by atoms with Crippen LogP contribution in [0.2, 0.25) is 0 Å². The Morgan fingerprint density at radius 1 is 1.00 bits per heavy atom. The van der Waals surface area contributed by atoms with Gasteiger partial charge < -0.3 is 19.3 Å². The fraction of sp³-hybridized carbons (Fsp3) is 0.343. The van der Waals surface area contributed by atoms with Gasteiger partial charge in [0.2, 0.25) is 0 Å². The number of carbonyl (C=O) groups excluding carboxylic acids is 2. The third-order valence-electron chi connectivity index (χ3n) is 8.99. The quantitative estimate of drug-likeness (QED) is 0.272. The first-order valence-electron chi connectivity index (χ1n) is 15.5. The van der Waals surface area contributed by atoms with Crippen LogP contribution in [0.15, 0.2) is 73.1 Å². The molecule has 0 aliphatic carbocycles. The lowest BCUT2D eigenvalue weighted by Gasteiger charge is -2.34. The van der Waals surface area contributed by atoms with Crippen LogP contribution >= 0.6 is 0 Å². The number of methoxy groups -OCH3 is 1. The highest BCUT2D eigenvalue weighted by Gasteiger charge is 2.31. The monoisotopic (exact) mass is 591 g/mol. The summed E-state index contributed by atoms with van der Waals surface area (Å²) >= 11 is 0. The smallest absolute Gasteiger partial charge is 0.256 e. The lowest BCUT2D eigenvalue weighted by Crippen LogP contribution is -2.49. The summed E-state index contributed by atoms with van der Waals surface area (Å²) in [6, 6.07) is 17.8. The molecule has 4 aromatic rings. The Hall–Kier alpha value is -4.63. The predicted molar refractivity (Wildman–Crippen MR) is 169 cm³/mol. The molecule has 2 fully saturated rings. The van der Waals surface area contributed by atoms with E-state index in [-0.39, 0.29) is 17.9 Å². The molecule has 1 atom stereocenters. The number of pyridine rings is 1. The molecular weight excluding hydrogens is 554 g/mol. The van der Waals surface area contributed by atoms with Crippen molar-refractivity contribution in [3.63, 3.8) is 0 Å². The molecule has 3 aliphatic heterocycles. The molecule has 0 bridgehead atoms. The van der Waals surface area contributed by atoms with Gasteiger partial charge >= 0.3 is 0 Å². The summed E-state index contributed by atoms with van der Waals surface area (Å²) in [5.41, 5.74) is 4.06. The number of fused-ring (bicyclic) bond motifs is 3. The van der Waals surface area contributed by atoms with Crippen LogP contribution in [0.5, 0.6) is 11.5 Å². The molecule has 0 spiro atoms. The highest BCUT2D eigenvalue weighted by molar-refractivity contribution is 6.01. The van der Waals surface area contributed by atoms with Gasteiger partial charge in [0.25, 0.3) is 11.8 Å². The normalized spacial score (nSPS) is 18.3. The largest absolute Gasteiger partial charge is 0.493 e. The second kappa shape index (κ2) is 12.2. The molecule has 0 N–H and O–H groups in total. The maximum Gasteiger partial charge on any atom is 0.256 e. The number of hydrogen-bond donors (Lipinski definition) is 0. The summed E-state index contributed by atoms with van der Waals surface area (Å²) in [5, 5.41) is 0. The Morgan fingerprint density at radius 3 is 2.66 bits per heavy atom. The molecule has 0 unspecified atom stereocenters. The van der Waals surface area contributed by atoms with E-state index in [2.05, 4.69) is 16.0 Å². The summed E-state index contributed by atoms with van der Waals surface area (Å²) < 4.78 is 13.8. The third kappa shape index (κ3) is 5.32. The molecule has 5 heterocycles. The first-order valence-corrected chi connectivity index (χ1v) is 15.5. The van der Waals surface area contributed by atoms with Crippen molar-refractivity contribution in [2.24, 2.45) is 0 Å². The van der Waals surface area contributed by atoms with Crippen molar-refractivity contribution >= 4 is 23.4 Å². The number of ether oxygens (including phenoxy) is 2. The zero-order valence-corrected chi connectivity index (χ0v) is 25.0. The number of piperazine rings is 1. The van der Waals surface area contributed by atoms with Crippen LogP contribution in [0, 0.1) is 0 Å². The minimum absolute atomic E-state index is 0.0429. The van der Waals surface area contributed by atoms with Crippen LogP contribution in [0.1, 0.15) is 45.5 Å². The van der Waals surface area contributed by atoms with Gasteiger partial charge in [-0.1, -0.05) is 42.5 Å². The third-order valence-corrected chi connectivity index (χ3v) is 8.99. The van der Waals surface area contributed by atoms with E-state index < -0.39 is 0 Å². The first kappa shape index (κ1) is 28.2. The van der Waals surface area contributed by atoms with E-state index in [0.29, 0.717) is 42.3 Å². The lowest BCUT2D eigenvalue weighted by molar-refractivity contribution is 0.0631. The zero-order valence-electron chi connectivity index (χ0n) is 25.0. The summed E-state index contributed by atoms with van der Waals surface area (Å²) in [6.45, 7) is 5.20. The van der Waals surface area contributed by atoms with E-state index in [1.165, 1.54) is 0 Å². The van der Waals surface area contributed by atoms with Crippen molar-refractivity contribution in [3.8, 4) is 22.9 Å². The van der Waals surface area contributed by atoms with Crippen LogP contribution < -0.4 is 9.47 Å². The minimum Gasteiger partial charge on any atom is -0.493 e. The van der Waals surface area contributed by atoms with Crippen molar-refractivity contribution < 1.29 is 19.1 Å². The molecule has 0 saturated carbocycles. The van der Waals surface area contributed by atoms with Gasteiger partial charge in [-0.05, 0) is 49.1 Å². The summed E-state index contributed by atoms with van der Waals surface area (Å²) in [6.07, 6.45) is 10.8. The Kier molecular flexibility index (Phi) is 7.78. The van der Waals surface area contributed by atoms with Crippen LogP contribution in [-0.2, 0) is 0 Å². The van der Waals surface area contributed by atoms with Crippen LogP contribution in [0.3, 0.4) is 0 Å². The summed E-state index contributed by atoms with van der Waals surface area (Å²) in [7, 11) is 1.61. The fourth-order valence-electron chi connectivity index (χ4n) is 6.60. The highest BCUT2D eigenvalue weighted by Crippen LogP contribution is 2.35. The minimum atomic E-state index is 0.0429. The van der Waals surface area contributed by atoms with Crippen molar-refractivity contribution in [1.29, 1.82) is 0 Å². The summed E-state index contributed by atoms with van der Waals surface area (Å²) in [4.78, 5) is 37.6. The van der Waals surface area contributed by atoms with Crippen LogP contribution in [0.25, 0.3) is 23.0 Å². The number of aromatic nitrogens is 2. The molecule has 3 aliphatic rings. The first-order chi connectivity index (χ1) is 21.6. The molecule has 2 saturated heterocycles. The number of rotatable bonds is 8. The van der Waals surface area contributed by atoms with E-state index in [0.717, 1.165) is 67.9 Å². The van der Waals surface area contributed by atoms with E-state index >= 15 is 0 Å². The zero-order chi connectivity index (χ0) is 30.0. The van der Waals surface area contributed by atoms with E-state index in [1.807, 2.05) is 81.1 Å². The van der Waals surface area contributed by atoms with Crippen LogP contribution in [0.4, 0.5) is 0 Å². The molecule has 226 valence electrons. The van der Waals surface area contributed by atoms with Gasteiger partial charge in [0.1, 0.15) is 5.82 Å². The Morgan fingerprint density at radius 2 is 1.84 bits per heavy atom. The maximum atomic E-state index is 13.6. The Bertz CT molecular complexity index is 1710. The lowest BCUT2D eigenvalue weighted by atomic mass is 10.1. The molecule has 44 heavy (non-hydrogen) atoms. The highest BCUT2D eigenvalue weighted by atomic mass is 16.5. The van der Waals surface area contributed by atoms with E-state index in [1.54, 1.807) is 13.3 Å². The van der Waals surface area contributed by atoms with Gasteiger partial charge in [0.05, 0.1) is 42.6 Å². The van der Waals surface area contributed by atoms with Gasteiger partial charge in [-0.25, -0.2) is 4.98 Å². The van der Waals surface area contributed by atoms with Crippen molar-refractivity contribution in [3.05, 3.63) is 89.8 Å². The standard InChI is InChI=1S/C35H37N5O4/c1-43-31-23-29-26(12-13-27-10-5-15-39(27)35(29)42)22-32(31)44-21-7-14-37-17-19-38(20-18-37)34(41)28-11-6-16-40-30(28)24-36-33(40)25-8-3-2-4-9-25/h2-4,6,8-9,11-13,16,22-24,27H,5,7,10,14-15,17-21H2,1H3/t27-/m0/s1. The van der Waals surface area contributed by atoms with Crippen molar-refractivity contribution in [1.82, 2.24) is 24.1 Å². The van der Waals surface area contributed by atoms with E-state index in [9.17, 15) is 9.59 Å². The number of carbonyl (C=O) groups is 2. The molecule has 2 amide bonds. The van der Waals surface area contributed by atoms with Gasteiger partial charge in [-0.2, -0.15) is 0 Å². The fourth-order valence-corrected chi connectivity index (χ4v) is 6.60. The molecule has 2 aromatic heterocycles. The predicted octanol–water partition coefficient (Wildman–Crippen LogP) is 4.87.